The Hall–Kier alpha value is -4.29. The van der Waals surface area contributed by atoms with Crippen LogP contribution in [0.1, 0.15) is 68.1 Å². The largest absolute Gasteiger partial charge is 0.496 e. The number of pyridine rings is 1. The van der Waals surface area contributed by atoms with Crippen molar-refractivity contribution >= 4 is 30.9 Å². The van der Waals surface area contributed by atoms with E-state index in [0.717, 1.165) is 28.2 Å². The van der Waals surface area contributed by atoms with Crippen molar-refractivity contribution in [3.63, 3.8) is 0 Å². The Morgan fingerprint density at radius 1 is 1.11 bits per heavy atom. The maximum Gasteiger partial charge on any atom is 0.408 e. The van der Waals surface area contributed by atoms with Crippen LogP contribution in [0.5, 0.6) is 5.75 Å². The highest BCUT2D eigenvalue weighted by atomic mass is 28.3. The summed E-state index contributed by atoms with van der Waals surface area (Å²) in [7, 11) is 0.323. The second kappa shape index (κ2) is 15.5. The number of carbonyl (C=O) groups excluding carboxylic acids is 2. The maximum absolute atomic E-state index is 13.1. The third-order valence-corrected chi connectivity index (χ3v) is 8.97. The van der Waals surface area contributed by atoms with Crippen LogP contribution in [0, 0.1) is 6.92 Å². The highest BCUT2D eigenvalue weighted by Crippen LogP contribution is 2.34. The van der Waals surface area contributed by atoms with Gasteiger partial charge in [0.15, 0.2) is 5.78 Å². The summed E-state index contributed by atoms with van der Waals surface area (Å²) in [4.78, 5) is 35.2. The van der Waals surface area contributed by atoms with Crippen molar-refractivity contribution < 1.29 is 28.3 Å². The third kappa shape index (κ3) is 10.6. The number of nitrogens with zero attached hydrogens (tertiary/aromatic N) is 4. The Kier molecular flexibility index (Phi) is 11.8. The summed E-state index contributed by atoms with van der Waals surface area (Å²) in [5, 5.41) is 7.70. The Balaban J connectivity index is 1.67. The van der Waals surface area contributed by atoms with E-state index in [2.05, 4.69) is 35.1 Å². The van der Waals surface area contributed by atoms with Gasteiger partial charge in [-0.05, 0) is 58.7 Å². The lowest BCUT2D eigenvalue weighted by Crippen LogP contribution is -2.36. The van der Waals surface area contributed by atoms with E-state index in [1.807, 2.05) is 74.9 Å². The molecule has 0 radical (unpaired) electrons. The molecular formula is C35H47N5O6Si. The van der Waals surface area contributed by atoms with Crippen LogP contribution >= 0.6 is 0 Å². The molecule has 3 aromatic heterocycles. The summed E-state index contributed by atoms with van der Waals surface area (Å²) >= 11 is 0. The first-order valence-electron chi connectivity index (χ1n) is 15.9. The molecule has 1 aromatic carbocycles. The predicted molar refractivity (Wildman–Crippen MR) is 184 cm³/mol. The molecular weight excluding hydrogens is 615 g/mol. The van der Waals surface area contributed by atoms with Gasteiger partial charge in [0.05, 0.1) is 24.4 Å². The van der Waals surface area contributed by atoms with Gasteiger partial charge in [0, 0.05) is 56.1 Å². The lowest BCUT2D eigenvalue weighted by atomic mass is 10.1. The lowest BCUT2D eigenvalue weighted by molar-refractivity contribution is 0.0492. The van der Waals surface area contributed by atoms with Gasteiger partial charge in [-0.3, -0.25) is 9.78 Å². The van der Waals surface area contributed by atoms with Crippen molar-refractivity contribution in [1.82, 2.24) is 25.0 Å². The molecule has 0 spiro atoms. The number of ether oxygens (including phenoxy) is 3. The number of alkyl carbamates (subject to hydrolysis) is 1. The predicted octanol–water partition coefficient (Wildman–Crippen LogP) is 7.89. The molecule has 0 saturated heterocycles. The number of Topliss-reactive ketones (excluding diaryl/α,β-unsaturated/α-hetero) is 1. The van der Waals surface area contributed by atoms with E-state index in [1.165, 1.54) is 6.26 Å². The molecule has 4 rings (SSSR count). The number of imidazole rings is 1. The molecule has 0 aliphatic heterocycles. The van der Waals surface area contributed by atoms with Crippen LogP contribution in [0.25, 0.3) is 22.2 Å². The summed E-state index contributed by atoms with van der Waals surface area (Å²) in [5.74, 6) is 1.14. The van der Waals surface area contributed by atoms with Gasteiger partial charge >= 0.3 is 6.09 Å². The average Bonchev–Trinajstić information content (AvgIpc) is 3.67. The topological polar surface area (TPSA) is 131 Å². The van der Waals surface area contributed by atoms with E-state index in [4.69, 9.17) is 23.7 Å². The fourth-order valence-electron chi connectivity index (χ4n) is 4.83. The van der Waals surface area contributed by atoms with Gasteiger partial charge in [-0.1, -0.05) is 43.0 Å². The molecule has 1 atom stereocenters. The van der Waals surface area contributed by atoms with E-state index >= 15 is 0 Å². The zero-order valence-electron chi connectivity index (χ0n) is 28.8. The molecule has 0 aliphatic carbocycles. The number of fused-ring (bicyclic) bond motifs is 1. The van der Waals surface area contributed by atoms with Crippen molar-refractivity contribution in [3.8, 4) is 17.0 Å². The number of hydrogen-bond acceptors (Lipinski definition) is 9. The highest BCUT2D eigenvalue weighted by Gasteiger charge is 2.25. The van der Waals surface area contributed by atoms with E-state index in [0.29, 0.717) is 42.4 Å². The van der Waals surface area contributed by atoms with Gasteiger partial charge in [-0.2, -0.15) is 0 Å². The van der Waals surface area contributed by atoms with E-state index in [9.17, 15) is 9.59 Å². The smallest absolute Gasteiger partial charge is 0.408 e. The number of allylic oxidation sites excluding steroid dienone is 1. The zero-order valence-corrected chi connectivity index (χ0v) is 29.8. The fourth-order valence-corrected chi connectivity index (χ4v) is 5.59. The quantitative estimate of drug-likeness (QED) is 0.0585. The van der Waals surface area contributed by atoms with Crippen molar-refractivity contribution in [2.24, 2.45) is 0 Å². The molecule has 0 saturated carbocycles. The normalized spacial score (nSPS) is 12.9. The molecule has 1 amide bonds. The monoisotopic (exact) mass is 661 g/mol. The fraction of sp³-hybridized carbons (Fsp3) is 0.457. The number of aromatic nitrogens is 4. The van der Waals surface area contributed by atoms with Crippen LogP contribution in [0.15, 0.2) is 59.5 Å². The van der Waals surface area contributed by atoms with Crippen LogP contribution in [-0.2, 0) is 16.2 Å². The van der Waals surface area contributed by atoms with Gasteiger partial charge < -0.3 is 28.6 Å². The number of hydrogen-bond donors (Lipinski definition) is 1. The first kappa shape index (κ1) is 35.6. The number of amides is 1. The van der Waals surface area contributed by atoms with Crippen LogP contribution in [0.3, 0.4) is 0 Å². The van der Waals surface area contributed by atoms with Crippen molar-refractivity contribution in [3.05, 3.63) is 72.2 Å². The molecule has 4 aromatic rings. The first-order chi connectivity index (χ1) is 22.2. The summed E-state index contributed by atoms with van der Waals surface area (Å²) in [5.41, 5.74) is 2.84. The summed E-state index contributed by atoms with van der Waals surface area (Å²) < 4.78 is 24.3. The number of ketones is 1. The second-order valence-electron chi connectivity index (χ2n) is 13.8. The number of methoxy groups -OCH3 is 1. The number of carbonyl (C=O) groups is 2. The minimum Gasteiger partial charge on any atom is -0.496 e. The van der Waals surface area contributed by atoms with Gasteiger partial charge in [0.1, 0.15) is 35.9 Å². The molecule has 11 nitrogen and oxygen atoms in total. The van der Waals surface area contributed by atoms with Crippen LogP contribution < -0.4 is 10.1 Å². The maximum atomic E-state index is 13.1. The lowest BCUT2D eigenvalue weighted by Gasteiger charge is -2.23. The molecule has 0 aliphatic rings. The number of benzene rings is 1. The van der Waals surface area contributed by atoms with Gasteiger partial charge in [0.2, 0.25) is 0 Å². The Bertz CT molecular complexity index is 1680. The van der Waals surface area contributed by atoms with Crippen LogP contribution in [0.2, 0.25) is 25.7 Å². The number of nitrogens with one attached hydrogen (secondary N) is 1. The average molecular weight is 662 g/mol. The summed E-state index contributed by atoms with van der Waals surface area (Å²) in [6.45, 7) is 15.2. The van der Waals surface area contributed by atoms with Crippen LogP contribution in [-0.4, -0.2) is 59.0 Å². The first-order valence-corrected chi connectivity index (χ1v) is 19.6. The minimum absolute atomic E-state index is 0.0998. The molecule has 12 heteroatoms. The molecule has 0 bridgehead atoms. The van der Waals surface area contributed by atoms with Crippen LogP contribution in [0.4, 0.5) is 4.79 Å². The minimum atomic E-state index is -1.31. The van der Waals surface area contributed by atoms with Crippen molar-refractivity contribution in [2.75, 3.05) is 13.7 Å². The number of aryl methyl sites for hydroxylation is 1. The Labute approximate surface area is 277 Å². The van der Waals surface area contributed by atoms with E-state index in [1.54, 1.807) is 13.2 Å². The molecule has 47 heavy (non-hydrogen) atoms. The Morgan fingerprint density at radius 2 is 1.89 bits per heavy atom. The van der Waals surface area contributed by atoms with E-state index in [-0.39, 0.29) is 18.9 Å². The van der Waals surface area contributed by atoms with Crippen molar-refractivity contribution in [2.45, 2.75) is 91.0 Å². The van der Waals surface area contributed by atoms with Gasteiger partial charge in [-0.15, -0.1) is 0 Å². The molecule has 1 N–H and O–H groups in total. The SMILES string of the molecule is COc1cc2nc(C)ccc2cc1-c1cn(COCC[Si](C)(C)C)c([C@H](C/C=C/CCC(=O)c2ccon2)NC(=O)OC(C)(C)C)n1. The van der Waals surface area contributed by atoms with Gasteiger partial charge in [-0.25, -0.2) is 9.78 Å². The molecule has 0 unspecified atom stereocenters. The third-order valence-electron chi connectivity index (χ3n) is 7.26. The molecule has 3 heterocycles. The highest BCUT2D eigenvalue weighted by molar-refractivity contribution is 6.76. The molecule has 0 fully saturated rings. The Morgan fingerprint density at radius 3 is 2.57 bits per heavy atom. The second-order valence-corrected chi connectivity index (χ2v) is 19.4. The number of rotatable bonds is 15. The summed E-state index contributed by atoms with van der Waals surface area (Å²) in [6, 6.07) is 9.95. The van der Waals surface area contributed by atoms with Gasteiger partial charge in [0.25, 0.3) is 0 Å². The molecule has 252 valence electrons. The summed E-state index contributed by atoms with van der Waals surface area (Å²) in [6.07, 6.45) is 7.80. The standard InChI is InChI=1S/C35H47N5O6Si/c1-24-14-15-25-20-26(32(43-5)21-29(25)36-24)30-22-40(23-44-18-19-47(6,7)8)33(37-30)28(38-34(42)46-35(2,3)4)12-10-9-11-13-31(41)27-16-17-45-39-27/h9-10,14-17,20-22,28H,11-13,18-19,23H2,1-8H3,(H,38,42)/b10-9+/t28-/m0/s1. The van der Waals surface area contributed by atoms with E-state index < -0.39 is 25.8 Å². The van der Waals surface area contributed by atoms with Crippen molar-refractivity contribution in [1.29, 1.82) is 0 Å². The zero-order chi connectivity index (χ0) is 34.2.